The molecule has 3 rings (SSSR count). The SMILES string of the molecule is O=C1CN(C(=O)Cn2cnc([N+](=O)[O-])n2)c2ccccc2N1. The molecule has 1 aromatic carbocycles. The van der Waals surface area contributed by atoms with Crippen molar-refractivity contribution in [2.75, 3.05) is 16.8 Å². The Morgan fingerprint density at radius 3 is 2.91 bits per heavy atom. The zero-order chi connectivity index (χ0) is 15.7. The first-order chi connectivity index (χ1) is 10.5. The van der Waals surface area contributed by atoms with E-state index >= 15 is 0 Å². The van der Waals surface area contributed by atoms with Gasteiger partial charge in [0.2, 0.25) is 12.2 Å². The lowest BCUT2D eigenvalue weighted by Gasteiger charge is -2.28. The maximum Gasteiger partial charge on any atom is 0.490 e. The van der Waals surface area contributed by atoms with Gasteiger partial charge >= 0.3 is 5.95 Å². The van der Waals surface area contributed by atoms with E-state index in [-0.39, 0.29) is 19.0 Å². The van der Waals surface area contributed by atoms with Crippen molar-refractivity contribution in [1.29, 1.82) is 0 Å². The first-order valence-electron chi connectivity index (χ1n) is 6.27. The standard InChI is InChI=1S/C12H10N6O4/c19-10-5-17(9-4-2-1-3-8(9)14-10)11(20)6-16-7-13-12(15-16)18(21)22/h1-4,7H,5-6H2,(H,14,19). The summed E-state index contributed by atoms with van der Waals surface area (Å²) in [5, 5.41) is 16.8. The average Bonchev–Trinajstić information content (AvgIpc) is 2.95. The topological polar surface area (TPSA) is 123 Å². The Morgan fingerprint density at radius 1 is 1.41 bits per heavy atom. The summed E-state index contributed by atoms with van der Waals surface area (Å²) in [5.41, 5.74) is 1.11. The first-order valence-corrected chi connectivity index (χ1v) is 6.27. The number of carbonyl (C=O) groups excluding carboxylic acids is 2. The van der Waals surface area contributed by atoms with Gasteiger partial charge in [-0.2, -0.15) is 4.68 Å². The quantitative estimate of drug-likeness (QED) is 0.637. The number of fused-ring (bicyclic) bond motifs is 1. The van der Waals surface area contributed by atoms with Crippen LogP contribution in [0.15, 0.2) is 30.6 Å². The number of hydrogen-bond donors (Lipinski definition) is 1. The minimum atomic E-state index is -0.745. The van der Waals surface area contributed by atoms with Gasteiger partial charge in [-0.3, -0.25) is 14.5 Å². The van der Waals surface area contributed by atoms with Gasteiger partial charge in [0.15, 0.2) is 0 Å². The highest BCUT2D eigenvalue weighted by molar-refractivity contribution is 6.09. The fourth-order valence-electron chi connectivity index (χ4n) is 2.12. The van der Waals surface area contributed by atoms with Crippen LogP contribution < -0.4 is 10.2 Å². The third-order valence-corrected chi connectivity index (χ3v) is 3.06. The van der Waals surface area contributed by atoms with Crippen molar-refractivity contribution in [2.24, 2.45) is 0 Å². The third kappa shape index (κ3) is 2.49. The number of amides is 2. The number of anilines is 2. The molecule has 10 heteroatoms. The van der Waals surface area contributed by atoms with E-state index in [1.807, 2.05) is 0 Å². The highest BCUT2D eigenvalue weighted by atomic mass is 16.6. The normalized spacial score (nSPS) is 13.5. The number of carbonyl (C=O) groups is 2. The van der Waals surface area contributed by atoms with Gasteiger partial charge in [-0.25, -0.2) is 0 Å². The van der Waals surface area contributed by atoms with Gasteiger partial charge in [0.05, 0.1) is 11.4 Å². The second-order valence-electron chi connectivity index (χ2n) is 4.54. The Labute approximate surface area is 123 Å². The highest BCUT2D eigenvalue weighted by Crippen LogP contribution is 2.28. The number of hydrogen-bond acceptors (Lipinski definition) is 6. The molecule has 0 bridgehead atoms. The van der Waals surface area contributed by atoms with Crippen LogP contribution in [0.25, 0.3) is 0 Å². The molecule has 1 N–H and O–H groups in total. The molecule has 1 aliphatic heterocycles. The van der Waals surface area contributed by atoms with E-state index < -0.39 is 16.8 Å². The number of rotatable bonds is 3. The number of aromatic nitrogens is 3. The summed E-state index contributed by atoms with van der Waals surface area (Å²) in [4.78, 5) is 38.6. The molecular formula is C12H10N6O4. The van der Waals surface area contributed by atoms with Gasteiger partial charge in [0, 0.05) is 5.10 Å². The zero-order valence-electron chi connectivity index (χ0n) is 11.2. The van der Waals surface area contributed by atoms with Crippen LogP contribution in [0.5, 0.6) is 0 Å². The summed E-state index contributed by atoms with van der Waals surface area (Å²) in [7, 11) is 0. The summed E-state index contributed by atoms with van der Waals surface area (Å²) in [6.07, 6.45) is 1.10. The van der Waals surface area contributed by atoms with Crippen molar-refractivity contribution in [1.82, 2.24) is 14.8 Å². The number of para-hydroxylation sites is 2. The lowest BCUT2D eigenvalue weighted by Crippen LogP contribution is -2.43. The Hall–Kier alpha value is -3.30. The van der Waals surface area contributed by atoms with Gasteiger partial charge in [-0.05, 0) is 17.1 Å². The number of nitrogens with zero attached hydrogens (tertiary/aromatic N) is 5. The zero-order valence-corrected chi connectivity index (χ0v) is 11.2. The molecule has 10 nitrogen and oxygen atoms in total. The molecule has 2 heterocycles. The second kappa shape index (κ2) is 5.24. The van der Waals surface area contributed by atoms with E-state index in [1.54, 1.807) is 24.3 Å². The molecule has 1 aromatic heterocycles. The van der Waals surface area contributed by atoms with E-state index in [9.17, 15) is 19.7 Å². The molecule has 2 amide bonds. The fraction of sp³-hybridized carbons (Fsp3) is 0.167. The van der Waals surface area contributed by atoms with Gasteiger partial charge in [-0.1, -0.05) is 17.1 Å². The molecule has 1 aliphatic rings. The maximum atomic E-state index is 12.3. The summed E-state index contributed by atoms with van der Waals surface area (Å²) >= 11 is 0. The monoisotopic (exact) mass is 302 g/mol. The molecule has 112 valence electrons. The fourth-order valence-corrected chi connectivity index (χ4v) is 2.12. The van der Waals surface area contributed by atoms with E-state index in [1.165, 1.54) is 4.90 Å². The molecule has 0 aliphatic carbocycles. The van der Waals surface area contributed by atoms with Crippen molar-refractivity contribution in [3.05, 3.63) is 40.7 Å². The maximum absolute atomic E-state index is 12.3. The van der Waals surface area contributed by atoms with E-state index in [2.05, 4.69) is 15.4 Å². The minimum absolute atomic E-state index is 0.118. The first kappa shape index (κ1) is 13.7. The van der Waals surface area contributed by atoms with Crippen LogP contribution in [0.3, 0.4) is 0 Å². The number of nitrogens with one attached hydrogen (secondary N) is 1. The van der Waals surface area contributed by atoms with Crippen LogP contribution in [-0.2, 0) is 16.1 Å². The van der Waals surface area contributed by atoms with Crippen molar-refractivity contribution >= 4 is 29.1 Å². The molecule has 0 fully saturated rings. The molecule has 0 spiro atoms. The highest BCUT2D eigenvalue weighted by Gasteiger charge is 2.27. The molecular weight excluding hydrogens is 292 g/mol. The molecule has 22 heavy (non-hydrogen) atoms. The largest absolute Gasteiger partial charge is 0.490 e. The molecule has 0 atom stereocenters. The Balaban J connectivity index is 1.82. The smallest absolute Gasteiger partial charge is 0.390 e. The predicted molar refractivity (Wildman–Crippen MR) is 74.1 cm³/mol. The Morgan fingerprint density at radius 2 is 2.18 bits per heavy atom. The average molecular weight is 302 g/mol. The summed E-state index contributed by atoms with van der Waals surface area (Å²) in [6.45, 7) is -0.366. The van der Waals surface area contributed by atoms with Gasteiger partial charge in [0.25, 0.3) is 5.91 Å². The van der Waals surface area contributed by atoms with Crippen molar-refractivity contribution in [3.8, 4) is 0 Å². The van der Waals surface area contributed by atoms with Crippen LogP contribution in [-0.4, -0.2) is 38.0 Å². The van der Waals surface area contributed by atoms with E-state index in [0.717, 1.165) is 11.0 Å². The van der Waals surface area contributed by atoms with Crippen LogP contribution in [0, 0.1) is 10.1 Å². The van der Waals surface area contributed by atoms with Gasteiger partial charge < -0.3 is 15.4 Å². The Bertz CT molecular complexity index is 770. The molecule has 0 saturated heterocycles. The summed E-state index contributed by atoms with van der Waals surface area (Å²) in [5.74, 6) is -1.30. The van der Waals surface area contributed by atoms with Crippen molar-refractivity contribution in [3.63, 3.8) is 0 Å². The molecule has 0 saturated carbocycles. The molecule has 0 radical (unpaired) electrons. The van der Waals surface area contributed by atoms with Gasteiger partial charge in [-0.15, -0.1) is 0 Å². The molecule has 0 unspecified atom stereocenters. The summed E-state index contributed by atoms with van der Waals surface area (Å²) in [6, 6.07) is 6.88. The van der Waals surface area contributed by atoms with Crippen LogP contribution in [0.4, 0.5) is 17.3 Å². The van der Waals surface area contributed by atoms with Crippen LogP contribution in [0.2, 0.25) is 0 Å². The minimum Gasteiger partial charge on any atom is -0.390 e. The van der Waals surface area contributed by atoms with Crippen molar-refractivity contribution < 1.29 is 14.5 Å². The predicted octanol–water partition coefficient (Wildman–Crippen LogP) is 0.172. The van der Waals surface area contributed by atoms with E-state index in [4.69, 9.17) is 0 Å². The lowest BCUT2D eigenvalue weighted by atomic mass is 10.2. The van der Waals surface area contributed by atoms with E-state index in [0.29, 0.717) is 11.4 Å². The van der Waals surface area contributed by atoms with Crippen molar-refractivity contribution in [2.45, 2.75) is 6.54 Å². The third-order valence-electron chi connectivity index (χ3n) is 3.06. The number of benzene rings is 1. The van der Waals surface area contributed by atoms with Crippen LogP contribution in [0.1, 0.15) is 0 Å². The molecule has 2 aromatic rings. The van der Waals surface area contributed by atoms with Crippen LogP contribution >= 0.6 is 0 Å². The number of nitro groups is 1. The van der Waals surface area contributed by atoms with Gasteiger partial charge in [0.1, 0.15) is 13.1 Å². The summed E-state index contributed by atoms with van der Waals surface area (Å²) < 4.78 is 1.07. The Kier molecular flexibility index (Phi) is 3.26. The lowest BCUT2D eigenvalue weighted by molar-refractivity contribution is -0.394. The second-order valence-corrected chi connectivity index (χ2v) is 4.54.